The maximum absolute atomic E-state index is 11.6. The van der Waals surface area contributed by atoms with Crippen molar-refractivity contribution in [1.82, 2.24) is 14.9 Å². The molecule has 1 heterocycles. The molecule has 1 fully saturated rings. The number of nitrogens with zero attached hydrogens (tertiary/aromatic N) is 2. The lowest BCUT2D eigenvalue weighted by molar-refractivity contribution is 0.0942. The second-order valence-electron chi connectivity index (χ2n) is 3.69. The van der Waals surface area contributed by atoms with E-state index in [2.05, 4.69) is 14.9 Å². The molecule has 0 aliphatic heterocycles. The highest BCUT2D eigenvalue weighted by molar-refractivity contribution is 7.07. The summed E-state index contributed by atoms with van der Waals surface area (Å²) in [4.78, 5) is 12.2. The van der Waals surface area contributed by atoms with Gasteiger partial charge in [-0.2, -0.15) is 0 Å². The van der Waals surface area contributed by atoms with E-state index in [4.69, 9.17) is 0 Å². The Morgan fingerprint density at radius 2 is 2.43 bits per heavy atom. The molecule has 0 saturated heterocycles. The fourth-order valence-corrected chi connectivity index (χ4v) is 2.03. The van der Waals surface area contributed by atoms with Crippen molar-refractivity contribution in [3.63, 3.8) is 0 Å². The number of carbonyl (C=O) groups is 1. The van der Waals surface area contributed by atoms with Crippen molar-refractivity contribution < 1.29 is 4.79 Å². The van der Waals surface area contributed by atoms with Crippen LogP contribution in [-0.2, 0) is 0 Å². The number of rotatable bonds is 3. The van der Waals surface area contributed by atoms with Gasteiger partial charge >= 0.3 is 0 Å². The van der Waals surface area contributed by atoms with Crippen molar-refractivity contribution in [1.29, 1.82) is 0 Å². The van der Waals surface area contributed by atoms with Gasteiger partial charge in [0.15, 0.2) is 0 Å². The van der Waals surface area contributed by atoms with E-state index < -0.39 is 0 Å². The van der Waals surface area contributed by atoms with Gasteiger partial charge < -0.3 is 5.32 Å². The standard InChI is InChI=1S/C9H13N3OS/c1-6-8(14-12-11-6)9(13)10-5-7-3-2-4-7/h7H,2-5H2,1H3,(H,10,13). The molecular weight excluding hydrogens is 198 g/mol. The molecule has 1 aliphatic carbocycles. The third-order valence-corrected chi connectivity index (χ3v) is 3.46. The number of nitrogens with one attached hydrogen (secondary N) is 1. The quantitative estimate of drug-likeness (QED) is 0.821. The van der Waals surface area contributed by atoms with Crippen molar-refractivity contribution in [2.75, 3.05) is 6.54 Å². The Kier molecular flexibility index (Phi) is 2.77. The molecule has 0 bridgehead atoms. The van der Waals surface area contributed by atoms with Gasteiger partial charge in [-0.25, -0.2) is 0 Å². The van der Waals surface area contributed by atoms with E-state index in [0.717, 1.165) is 23.8 Å². The summed E-state index contributed by atoms with van der Waals surface area (Å²) >= 11 is 1.16. The highest BCUT2D eigenvalue weighted by atomic mass is 32.1. The molecule has 0 radical (unpaired) electrons. The lowest BCUT2D eigenvalue weighted by Gasteiger charge is -2.25. The number of aryl methyl sites for hydroxylation is 1. The molecule has 4 nitrogen and oxygen atoms in total. The van der Waals surface area contributed by atoms with Gasteiger partial charge in [-0.3, -0.25) is 4.79 Å². The number of carbonyl (C=O) groups excluding carboxylic acids is 1. The zero-order chi connectivity index (χ0) is 9.97. The maximum atomic E-state index is 11.6. The van der Waals surface area contributed by atoms with E-state index in [1.165, 1.54) is 19.3 Å². The van der Waals surface area contributed by atoms with E-state index in [-0.39, 0.29) is 5.91 Å². The second kappa shape index (κ2) is 4.04. The van der Waals surface area contributed by atoms with Crippen molar-refractivity contribution in [2.45, 2.75) is 26.2 Å². The Hall–Kier alpha value is -0.970. The van der Waals surface area contributed by atoms with Gasteiger partial charge in [-0.15, -0.1) is 5.10 Å². The fourth-order valence-electron chi connectivity index (χ4n) is 1.45. The van der Waals surface area contributed by atoms with Crippen LogP contribution in [0.15, 0.2) is 0 Å². The van der Waals surface area contributed by atoms with Gasteiger partial charge in [-0.1, -0.05) is 10.9 Å². The molecule has 1 aliphatic rings. The van der Waals surface area contributed by atoms with Gasteiger partial charge in [0.1, 0.15) is 4.88 Å². The third kappa shape index (κ3) is 1.92. The van der Waals surface area contributed by atoms with E-state index in [0.29, 0.717) is 10.8 Å². The molecule has 1 aromatic heterocycles. The van der Waals surface area contributed by atoms with Crippen LogP contribution in [0.25, 0.3) is 0 Å². The van der Waals surface area contributed by atoms with Crippen LogP contribution in [0.3, 0.4) is 0 Å². The average Bonchev–Trinajstić information content (AvgIpc) is 2.48. The topological polar surface area (TPSA) is 54.9 Å². The number of hydrogen-bond donors (Lipinski definition) is 1. The van der Waals surface area contributed by atoms with E-state index >= 15 is 0 Å². The first kappa shape index (κ1) is 9.58. The molecule has 1 aromatic rings. The SMILES string of the molecule is Cc1nnsc1C(=O)NCC1CCC1. The van der Waals surface area contributed by atoms with Crippen LogP contribution >= 0.6 is 11.5 Å². The Morgan fingerprint density at radius 3 is 2.93 bits per heavy atom. The number of hydrogen-bond acceptors (Lipinski definition) is 4. The van der Waals surface area contributed by atoms with E-state index in [1.54, 1.807) is 0 Å². The van der Waals surface area contributed by atoms with Gasteiger partial charge in [0.05, 0.1) is 5.69 Å². The molecular formula is C9H13N3OS. The van der Waals surface area contributed by atoms with E-state index in [9.17, 15) is 4.79 Å². The Labute approximate surface area is 86.9 Å². The van der Waals surface area contributed by atoms with Crippen LogP contribution < -0.4 is 5.32 Å². The minimum atomic E-state index is -0.0237. The predicted molar refractivity (Wildman–Crippen MR) is 54.3 cm³/mol. The van der Waals surface area contributed by atoms with Crippen LogP contribution in [0.2, 0.25) is 0 Å². The summed E-state index contributed by atoms with van der Waals surface area (Å²) in [6, 6.07) is 0. The van der Waals surface area contributed by atoms with Gasteiger partial charge in [0.2, 0.25) is 0 Å². The molecule has 2 rings (SSSR count). The molecule has 1 N–H and O–H groups in total. The molecule has 0 spiro atoms. The molecule has 14 heavy (non-hydrogen) atoms. The summed E-state index contributed by atoms with van der Waals surface area (Å²) in [7, 11) is 0. The van der Waals surface area contributed by atoms with E-state index in [1.807, 2.05) is 6.92 Å². The van der Waals surface area contributed by atoms with Crippen LogP contribution in [0.1, 0.15) is 34.6 Å². The summed E-state index contributed by atoms with van der Waals surface area (Å²) in [5.41, 5.74) is 0.723. The van der Waals surface area contributed by atoms with Crippen LogP contribution in [0.4, 0.5) is 0 Å². The lowest BCUT2D eigenvalue weighted by Crippen LogP contribution is -2.32. The maximum Gasteiger partial charge on any atom is 0.264 e. The van der Waals surface area contributed by atoms with Crippen molar-refractivity contribution in [3.05, 3.63) is 10.6 Å². The number of amides is 1. The normalized spacial score (nSPS) is 16.4. The molecule has 0 unspecified atom stereocenters. The van der Waals surface area contributed by atoms with Crippen LogP contribution in [0.5, 0.6) is 0 Å². The molecule has 1 amide bonds. The Balaban J connectivity index is 1.86. The number of aromatic nitrogens is 2. The van der Waals surface area contributed by atoms with Gasteiger partial charge in [0, 0.05) is 6.54 Å². The zero-order valence-electron chi connectivity index (χ0n) is 8.12. The fraction of sp³-hybridized carbons (Fsp3) is 0.667. The third-order valence-electron chi connectivity index (χ3n) is 2.63. The molecule has 76 valence electrons. The average molecular weight is 211 g/mol. The van der Waals surface area contributed by atoms with Crippen LogP contribution in [0, 0.1) is 12.8 Å². The van der Waals surface area contributed by atoms with Crippen molar-refractivity contribution >= 4 is 17.4 Å². The molecule has 5 heteroatoms. The minimum Gasteiger partial charge on any atom is -0.351 e. The summed E-state index contributed by atoms with van der Waals surface area (Å²) < 4.78 is 3.73. The predicted octanol–water partition coefficient (Wildman–Crippen LogP) is 1.38. The van der Waals surface area contributed by atoms with Gasteiger partial charge in [-0.05, 0) is 37.2 Å². The first-order valence-corrected chi connectivity index (χ1v) is 5.62. The second-order valence-corrected chi connectivity index (χ2v) is 4.45. The Bertz CT molecular complexity index is 333. The van der Waals surface area contributed by atoms with Crippen molar-refractivity contribution in [3.8, 4) is 0 Å². The zero-order valence-corrected chi connectivity index (χ0v) is 8.93. The van der Waals surface area contributed by atoms with Gasteiger partial charge in [0.25, 0.3) is 5.91 Å². The lowest BCUT2D eigenvalue weighted by atomic mass is 9.85. The molecule has 0 atom stereocenters. The summed E-state index contributed by atoms with van der Waals surface area (Å²) in [6.07, 6.45) is 3.81. The first-order chi connectivity index (χ1) is 6.77. The van der Waals surface area contributed by atoms with Crippen LogP contribution in [-0.4, -0.2) is 22.0 Å². The first-order valence-electron chi connectivity index (χ1n) is 4.84. The monoisotopic (exact) mass is 211 g/mol. The summed E-state index contributed by atoms with van der Waals surface area (Å²) in [6.45, 7) is 2.61. The highest BCUT2D eigenvalue weighted by Crippen LogP contribution is 2.25. The molecule has 1 saturated carbocycles. The summed E-state index contributed by atoms with van der Waals surface area (Å²) in [5, 5.41) is 6.73. The molecule has 0 aromatic carbocycles. The summed E-state index contributed by atoms with van der Waals surface area (Å²) in [5.74, 6) is 0.671. The van der Waals surface area contributed by atoms with Crippen molar-refractivity contribution in [2.24, 2.45) is 5.92 Å². The minimum absolute atomic E-state index is 0.0237. The largest absolute Gasteiger partial charge is 0.351 e. The Morgan fingerprint density at radius 1 is 1.64 bits per heavy atom. The highest BCUT2D eigenvalue weighted by Gasteiger charge is 2.19. The smallest absolute Gasteiger partial charge is 0.264 e.